The predicted molar refractivity (Wildman–Crippen MR) is 122 cm³/mol. The number of benzene rings is 2. The monoisotopic (exact) mass is 432 g/mol. The number of rotatable bonds is 5. The van der Waals surface area contributed by atoms with Crippen LogP contribution in [0.15, 0.2) is 42.5 Å². The zero-order valence-corrected chi connectivity index (χ0v) is 18.3. The molecular weight excluding hydrogens is 403 g/mol. The second-order valence-electron chi connectivity index (χ2n) is 9.25. The Kier molecular flexibility index (Phi) is 5.89. The molecule has 4 heterocycles. The van der Waals surface area contributed by atoms with Gasteiger partial charge in [-0.05, 0) is 85.1 Å². The van der Waals surface area contributed by atoms with E-state index < -0.39 is 0 Å². The van der Waals surface area contributed by atoms with Crippen molar-refractivity contribution in [3.63, 3.8) is 0 Å². The highest BCUT2D eigenvalue weighted by molar-refractivity contribution is 5.78. The van der Waals surface area contributed by atoms with Gasteiger partial charge in [-0.2, -0.15) is 0 Å². The van der Waals surface area contributed by atoms with E-state index in [-0.39, 0.29) is 24.4 Å². The van der Waals surface area contributed by atoms with Crippen LogP contribution >= 0.6 is 0 Å². The maximum atomic E-state index is 13.7. The van der Waals surface area contributed by atoms with Crippen molar-refractivity contribution in [1.29, 1.82) is 0 Å². The van der Waals surface area contributed by atoms with E-state index in [1.165, 1.54) is 43.6 Å². The fourth-order valence-electron chi connectivity index (χ4n) is 5.74. The molecule has 1 amide bonds. The maximum absolute atomic E-state index is 13.7. The molecule has 4 aliphatic heterocycles. The Balaban J connectivity index is 1.45. The van der Waals surface area contributed by atoms with E-state index in [9.17, 15) is 9.18 Å². The van der Waals surface area contributed by atoms with Gasteiger partial charge in [0.2, 0.25) is 5.91 Å². The van der Waals surface area contributed by atoms with Crippen LogP contribution in [0.4, 0.5) is 4.39 Å². The van der Waals surface area contributed by atoms with Crippen LogP contribution in [0.5, 0.6) is 5.75 Å². The van der Waals surface area contributed by atoms with Gasteiger partial charge in [0.15, 0.2) is 0 Å². The van der Waals surface area contributed by atoms with E-state index in [4.69, 9.17) is 11.2 Å². The summed E-state index contributed by atoms with van der Waals surface area (Å²) >= 11 is 0. The van der Waals surface area contributed by atoms with E-state index >= 15 is 0 Å². The van der Waals surface area contributed by atoms with Crippen molar-refractivity contribution < 1.29 is 13.9 Å². The quantitative estimate of drug-likeness (QED) is 0.669. The number of carbonyl (C=O) groups is 1. The smallest absolute Gasteiger partial charge is 0.223 e. The Labute approximate surface area is 189 Å². The van der Waals surface area contributed by atoms with E-state index in [0.717, 1.165) is 24.1 Å². The first kappa shape index (κ1) is 21.0. The molecule has 2 bridgehead atoms. The Hall–Kier alpha value is -2.84. The largest absolute Gasteiger partial charge is 0.481 e. The molecule has 0 saturated carbocycles. The number of terminal acetylenes is 1. The van der Waals surface area contributed by atoms with Crippen LogP contribution in [0.3, 0.4) is 0 Å². The average Bonchev–Trinajstić information content (AvgIpc) is 2.83. The van der Waals surface area contributed by atoms with Crippen molar-refractivity contribution in [2.45, 2.75) is 31.7 Å². The first-order valence-electron chi connectivity index (χ1n) is 11.6. The van der Waals surface area contributed by atoms with E-state index in [0.29, 0.717) is 30.6 Å². The molecule has 4 aliphatic rings. The minimum Gasteiger partial charge on any atom is -0.481 e. The molecule has 0 aliphatic carbocycles. The van der Waals surface area contributed by atoms with Gasteiger partial charge in [-0.15, -0.1) is 6.42 Å². The van der Waals surface area contributed by atoms with Gasteiger partial charge in [0.25, 0.3) is 0 Å². The van der Waals surface area contributed by atoms with Crippen molar-refractivity contribution in [2.75, 3.05) is 32.8 Å². The van der Waals surface area contributed by atoms with Crippen LogP contribution in [0, 0.1) is 30.0 Å². The molecular formula is C27H29FN2O2. The normalized spacial score (nSPS) is 26.3. The van der Waals surface area contributed by atoms with E-state index in [1.807, 2.05) is 17.0 Å². The molecule has 3 fully saturated rings. The molecule has 0 aromatic heterocycles. The van der Waals surface area contributed by atoms with Crippen molar-refractivity contribution in [2.24, 2.45) is 11.8 Å². The second kappa shape index (κ2) is 8.96. The standard InChI is InChI=1S/C27H29FN2O2/c1-2-15-32-24-8-5-20-11-14-30(26(31)16-22-18-29-12-9-19(22)10-13-29)27(25(20)17-24)21-3-6-23(28)7-4-21/h1,3-8,17,19,22,27H,9-16,18H2/t22-,27+/m1/s1. The Bertz CT molecular complexity index is 1020. The summed E-state index contributed by atoms with van der Waals surface area (Å²) in [4.78, 5) is 18.1. The highest BCUT2D eigenvalue weighted by Gasteiger charge is 2.38. The molecule has 166 valence electrons. The summed E-state index contributed by atoms with van der Waals surface area (Å²) in [6, 6.07) is 12.3. The lowest BCUT2D eigenvalue weighted by molar-refractivity contribution is -0.136. The summed E-state index contributed by atoms with van der Waals surface area (Å²) in [6.45, 7) is 4.24. The first-order valence-corrected chi connectivity index (χ1v) is 11.6. The van der Waals surface area contributed by atoms with Crippen molar-refractivity contribution in [3.8, 4) is 18.1 Å². The number of nitrogens with zero attached hydrogens (tertiary/aromatic N) is 2. The number of piperidine rings is 3. The minimum absolute atomic E-state index is 0.193. The molecule has 2 aromatic rings. The number of halogens is 1. The fraction of sp³-hybridized carbons (Fsp3) is 0.444. The molecule has 3 saturated heterocycles. The van der Waals surface area contributed by atoms with Crippen LogP contribution < -0.4 is 4.74 Å². The van der Waals surface area contributed by atoms with Gasteiger partial charge in [-0.1, -0.05) is 24.1 Å². The van der Waals surface area contributed by atoms with E-state index in [1.54, 1.807) is 12.1 Å². The van der Waals surface area contributed by atoms with Gasteiger partial charge in [-0.25, -0.2) is 4.39 Å². The molecule has 2 atom stereocenters. The molecule has 0 unspecified atom stereocenters. The van der Waals surface area contributed by atoms with Gasteiger partial charge < -0.3 is 14.5 Å². The number of hydrogen-bond acceptors (Lipinski definition) is 3. The second-order valence-corrected chi connectivity index (χ2v) is 9.25. The molecule has 2 aromatic carbocycles. The SMILES string of the molecule is C#CCOc1ccc2c(c1)[C@H](c1ccc(F)cc1)N(C(=O)C[C@@H]1CN3CCC1CC3)CC2. The molecule has 5 heteroatoms. The lowest BCUT2D eigenvalue weighted by atomic mass is 9.77. The fourth-order valence-corrected chi connectivity index (χ4v) is 5.74. The van der Waals surface area contributed by atoms with Gasteiger partial charge >= 0.3 is 0 Å². The highest BCUT2D eigenvalue weighted by Crippen LogP contribution is 2.40. The molecule has 0 radical (unpaired) electrons. The van der Waals surface area contributed by atoms with Crippen LogP contribution in [0.2, 0.25) is 0 Å². The lowest BCUT2D eigenvalue weighted by Crippen LogP contribution is -2.49. The van der Waals surface area contributed by atoms with Crippen LogP contribution in [-0.4, -0.2) is 48.5 Å². The van der Waals surface area contributed by atoms with E-state index in [2.05, 4.69) is 16.9 Å². The number of fused-ring (bicyclic) bond motifs is 4. The lowest BCUT2D eigenvalue weighted by Gasteiger charge is -2.46. The Morgan fingerprint density at radius 2 is 1.91 bits per heavy atom. The van der Waals surface area contributed by atoms with Crippen LogP contribution in [-0.2, 0) is 11.2 Å². The summed E-state index contributed by atoms with van der Waals surface area (Å²) < 4.78 is 19.4. The summed E-state index contributed by atoms with van der Waals surface area (Å²) in [5.41, 5.74) is 3.16. The van der Waals surface area contributed by atoms with Crippen LogP contribution in [0.1, 0.15) is 42.0 Å². The van der Waals surface area contributed by atoms with Gasteiger partial charge in [0, 0.05) is 19.5 Å². The molecule has 6 rings (SSSR count). The highest BCUT2D eigenvalue weighted by atomic mass is 19.1. The van der Waals surface area contributed by atoms with Crippen molar-refractivity contribution in [1.82, 2.24) is 9.80 Å². The van der Waals surface area contributed by atoms with Gasteiger partial charge in [-0.3, -0.25) is 4.79 Å². The zero-order valence-electron chi connectivity index (χ0n) is 18.3. The topological polar surface area (TPSA) is 32.8 Å². The van der Waals surface area contributed by atoms with Gasteiger partial charge in [0.1, 0.15) is 18.2 Å². The molecule has 0 N–H and O–H groups in total. The summed E-state index contributed by atoms with van der Waals surface area (Å²) in [5.74, 6) is 4.21. The molecule has 32 heavy (non-hydrogen) atoms. The van der Waals surface area contributed by atoms with Crippen molar-refractivity contribution >= 4 is 5.91 Å². The zero-order chi connectivity index (χ0) is 22.1. The summed E-state index contributed by atoms with van der Waals surface area (Å²) in [6.07, 6.45) is 9.15. The van der Waals surface area contributed by atoms with Crippen LogP contribution in [0.25, 0.3) is 0 Å². The Morgan fingerprint density at radius 3 is 2.59 bits per heavy atom. The summed E-state index contributed by atoms with van der Waals surface area (Å²) in [5, 5.41) is 0. The third kappa shape index (κ3) is 4.12. The number of amides is 1. The van der Waals surface area contributed by atoms with Gasteiger partial charge in [0.05, 0.1) is 6.04 Å². The predicted octanol–water partition coefficient (Wildman–Crippen LogP) is 4.04. The average molecular weight is 433 g/mol. The summed E-state index contributed by atoms with van der Waals surface area (Å²) in [7, 11) is 0. The number of ether oxygens (including phenoxy) is 1. The third-order valence-corrected chi connectivity index (χ3v) is 7.40. The first-order chi connectivity index (χ1) is 15.6. The Morgan fingerprint density at radius 1 is 1.12 bits per heavy atom. The number of hydrogen-bond donors (Lipinski definition) is 0. The number of carbonyl (C=O) groups excluding carboxylic acids is 1. The minimum atomic E-state index is -0.277. The maximum Gasteiger partial charge on any atom is 0.223 e. The molecule has 4 nitrogen and oxygen atoms in total. The third-order valence-electron chi connectivity index (χ3n) is 7.40. The molecule has 0 spiro atoms. The van der Waals surface area contributed by atoms with Crippen molar-refractivity contribution in [3.05, 3.63) is 65.0 Å².